The van der Waals surface area contributed by atoms with Crippen LogP contribution in [0.5, 0.6) is 0 Å². The Balaban J connectivity index is 1.60. The summed E-state index contributed by atoms with van der Waals surface area (Å²) in [5.74, 6) is 0.817. The second-order valence-corrected chi connectivity index (χ2v) is 5.59. The van der Waals surface area contributed by atoms with Crippen LogP contribution in [0, 0.1) is 17.2 Å². The maximum Gasteiger partial charge on any atom is 0.229 e. The van der Waals surface area contributed by atoms with Crippen LogP contribution in [0.25, 0.3) is 0 Å². The average molecular weight is 307 g/mol. The zero-order chi connectivity index (χ0) is 14.8. The van der Waals surface area contributed by atoms with E-state index in [4.69, 9.17) is 21.6 Å². The van der Waals surface area contributed by atoms with Crippen molar-refractivity contribution in [3.05, 3.63) is 22.8 Å². The number of halogens is 1. The Kier molecular flexibility index (Phi) is 3.95. The number of nitriles is 1. The number of pyridine rings is 1. The number of morpholine rings is 1. The number of rotatable bonds is 2. The van der Waals surface area contributed by atoms with E-state index in [-0.39, 0.29) is 11.8 Å². The molecule has 6 nitrogen and oxygen atoms in total. The number of aromatic nitrogens is 1. The standard InChI is InChI=1S/C14H15ClN4O2/c15-12-5-10(6-16)7-17-13(12)19-8-11(9-19)14(20)18-1-3-21-4-2-18/h5,7,11H,1-4,8-9H2. The van der Waals surface area contributed by atoms with Gasteiger partial charge in [-0.2, -0.15) is 5.26 Å². The monoisotopic (exact) mass is 306 g/mol. The molecule has 0 N–H and O–H groups in total. The first kappa shape index (κ1) is 14.1. The van der Waals surface area contributed by atoms with Gasteiger partial charge >= 0.3 is 0 Å². The second kappa shape index (κ2) is 5.88. The molecule has 1 aromatic heterocycles. The highest BCUT2D eigenvalue weighted by Crippen LogP contribution is 2.30. The van der Waals surface area contributed by atoms with Crippen LogP contribution in [0.4, 0.5) is 5.82 Å². The summed E-state index contributed by atoms with van der Waals surface area (Å²) < 4.78 is 5.25. The molecule has 0 saturated carbocycles. The predicted molar refractivity (Wildman–Crippen MR) is 77.1 cm³/mol. The van der Waals surface area contributed by atoms with Gasteiger partial charge in [-0.15, -0.1) is 0 Å². The van der Waals surface area contributed by atoms with Crippen molar-refractivity contribution in [2.45, 2.75) is 0 Å². The molecule has 7 heteroatoms. The lowest BCUT2D eigenvalue weighted by Gasteiger charge is -2.42. The average Bonchev–Trinajstić information content (AvgIpc) is 2.48. The van der Waals surface area contributed by atoms with Gasteiger partial charge in [-0.25, -0.2) is 4.98 Å². The maximum atomic E-state index is 12.3. The fourth-order valence-corrected chi connectivity index (χ4v) is 2.86. The minimum absolute atomic E-state index is 0.00314. The zero-order valence-electron chi connectivity index (χ0n) is 11.5. The van der Waals surface area contributed by atoms with E-state index in [1.165, 1.54) is 6.20 Å². The lowest BCUT2D eigenvalue weighted by atomic mass is 9.98. The summed E-state index contributed by atoms with van der Waals surface area (Å²) in [6, 6.07) is 3.60. The summed E-state index contributed by atoms with van der Waals surface area (Å²) >= 11 is 6.12. The fourth-order valence-electron chi connectivity index (χ4n) is 2.57. The molecule has 0 spiro atoms. The first-order valence-corrected chi connectivity index (χ1v) is 7.24. The summed E-state index contributed by atoms with van der Waals surface area (Å²) in [7, 11) is 0. The molecule has 2 aliphatic rings. The molecule has 0 radical (unpaired) electrons. The number of carbonyl (C=O) groups excluding carboxylic acids is 1. The third-order valence-electron chi connectivity index (χ3n) is 3.80. The summed E-state index contributed by atoms with van der Waals surface area (Å²) in [6.07, 6.45) is 1.50. The van der Waals surface area contributed by atoms with Crippen molar-refractivity contribution < 1.29 is 9.53 Å². The van der Waals surface area contributed by atoms with Crippen LogP contribution < -0.4 is 4.90 Å². The molecular weight excluding hydrogens is 292 g/mol. The first-order valence-electron chi connectivity index (χ1n) is 6.86. The molecule has 2 aliphatic heterocycles. The SMILES string of the molecule is N#Cc1cnc(N2CC(C(=O)N3CCOCC3)C2)c(Cl)c1. The van der Waals surface area contributed by atoms with Gasteiger partial charge in [-0.05, 0) is 6.07 Å². The van der Waals surface area contributed by atoms with Crippen LogP contribution in [-0.2, 0) is 9.53 Å². The van der Waals surface area contributed by atoms with Gasteiger partial charge in [-0.3, -0.25) is 4.79 Å². The summed E-state index contributed by atoms with van der Waals surface area (Å²) in [6.45, 7) is 3.82. The lowest BCUT2D eigenvalue weighted by molar-refractivity contribution is -0.140. The van der Waals surface area contributed by atoms with E-state index < -0.39 is 0 Å². The Morgan fingerprint density at radius 1 is 1.43 bits per heavy atom. The topological polar surface area (TPSA) is 69.5 Å². The highest BCUT2D eigenvalue weighted by Gasteiger charge is 2.37. The van der Waals surface area contributed by atoms with Crippen LogP contribution >= 0.6 is 11.6 Å². The van der Waals surface area contributed by atoms with E-state index in [1.807, 2.05) is 15.9 Å². The first-order chi connectivity index (χ1) is 10.2. The highest BCUT2D eigenvalue weighted by atomic mass is 35.5. The molecule has 110 valence electrons. The molecule has 2 fully saturated rings. The van der Waals surface area contributed by atoms with E-state index in [2.05, 4.69) is 4.98 Å². The van der Waals surface area contributed by atoms with E-state index in [0.717, 1.165) is 0 Å². The van der Waals surface area contributed by atoms with Gasteiger partial charge < -0.3 is 14.5 Å². The van der Waals surface area contributed by atoms with Gasteiger partial charge in [0.25, 0.3) is 0 Å². The van der Waals surface area contributed by atoms with Crippen LogP contribution in [0.2, 0.25) is 5.02 Å². The molecule has 21 heavy (non-hydrogen) atoms. The number of ether oxygens (including phenoxy) is 1. The van der Waals surface area contributed by atoms with Gasteiger partial charge in [-0.1, -0.05) is 11.6 Å². The Hall–Kier alpha value is -1.84. The van der Waals surface area contributed by atoms with Gasteiger partial charge in [0.2, 0.25) is 5.91 Å². The highest BCUT2D eigenvalue weighted by molar-refractivity contribution is 6.33. The van der Waals surface area contributed by atoms with Gasteiger partial charge in [0.1, 0.15) is 11.9 Å². The number of hydrogen-bond acceptors (Lipinski definition) is 5. The van der Waals surface area contributed by atoms with Crippen molar-refractivity contribution in [2.75, 3.05) is 44.3 Å². The molecule has 3 heterocycles. The van der Waals surface area contributed by atoms with E-state index >= 15 is 0 Å². The minimum atomic E-state index is -0.00314. The van der Waals surface area contributed by atoms with E-state index in [9.17, 15) is 4.79 Å². The summed E-state index contributed by atoms with van der Waals surface area (Å²) in [4.78, 5) is 20.3. The normalized spacial score (nSPS) is 19.0. The fraction of sp³-hybridized carbons (Fsp3) is 0.500. The van der Waals surface area contributed by atoms with Gasteiger partial charge in [0.05, 0.1) is 29.7 Å². The molecule has 0 aromatic carbocycles. The zero-order valence-corrected chi connectivity index (χ0v) is 12.2. The Morgan fingerprint density at radius 2 is 2.14 bits per heavy atom. The molecule has 3 rings (SSSR count). The van der Waals surface area contributed by atoms with E-state index in [0.29, 0.717) is 55.8 Å². The number of nitrogens with zero attached hydrogens (tertiary/aromatic N) is 4. The molecule has 0 atom stereocenters. The smallest absolute Gasteiger partial charge is 0.229 e. The predicted octanol–water partition coefficient (Wildman–Crippen LogP) is 0.902. The van der Waals surface area contributed by atoms with Crippen molar-refractivity contribution in [3.63, 3.8) is 0 Å². The van der Waals surface area contributed by atoms with Crippen molar-refractivity contribution in [1.82, 2.24) is 9.88 Å². The molecule has 2 saturated heterocycles. The third kappa shape index (κ3) is 2.80. The number of carbonyl (C=O) groups is 1. The van der Waals surface area contributed by atoms with E-state index in [1.54, 1.807) is 6.07 Å². The molecule has 1 amide bonds. The van der Waals surface area contributed by atoms with Crippen molar-refractivity contribution in [2.24, 2.45) is 5.92 Å². The van der Waals surface area contributed by atoms with Crippen LogP contribution in [0.15, 0.2) is 12.3 Å². The molecular formula is C14H15ClN4O2. The summed E-state index contributed by atoms with van der Waals surface area (Å²) in [5.41, 5.74) is 0.435. The minimum Gasteiger partial charge on any atom is -0.378 e. The van der Waals surface area contributed by atoms with Crippen LogP contribution in [-0.4, -0.2) is 55.2 Å². The van der Waals surface area contributed by atoms with Gasteiger partial charge in [0, 0.05) is 32.4 Å². The molecule has 0 bridgehead atoms. The Bertz CT molecular complexity index is 589. The number of amides is 1. The van der Waals surface area contributed by atoms with Crippen molar-refractivity contribution in [3.8, 4) is 6.07 Å². The number of anilines is 1. The largest absolute Gasteiger partial charge is 0.378 e. The molecule has 0 unspecified atom stereocenters. The molecule has 0 aliphatic carbocycles. The maximum absolute atomic E-state index is 12.3. The lowest BCUT2D eigenvalue weighted by Crippen LogP contribution is -2.56. The van der Waals surface area contributed by atoms with Gasteiger partial charge in [0.15, 0.2) is 0 Å². The third-order valence-corrected chi connectivity index (χ3v) is 4.08. The Morgan fingerprint density at radius 3 is 2.76 bits per heavy atom. The summed E-state index contributed by atoms with van der Waals surface area (Å²) in [5, 5.41) is 9.25. The second-order valence-electron chi connectivity index (χ2n) is 5.18. The molecule has 1 aromatic rings. The quantitative estimate of drug-likeness (QED) is 0.812. The van der Waals surface area contributed by atoms with Crippen LogP contribution in [0.1, 0.15) is 5.56 Å². The van der Waals surface area contributed by atoms with Crippen molar-refractivity contribution in [1.29, 1.82) is 5.26 Å². The number of hydrogen-bond donors (Lipinski definition) is 0. The van der Waals surface area contributed by atoms with Crippen LogP contribution in [0.3, 0.4) is 0 Å². The van der Waals surface area contributed by atoms with Crippen molar-refractivity contribution >= 4 is 23.3 Å². The Labute approximate surface area is 127 Å².